The Morgan fingerprint density at radius 1 is 1.57 bits per heavy atom. The first-order valence-corrected chi connectivity index (χ1v) is 5.02. The summed E-state index contributed by atoms with van der Waals surface area (Å²) in [5.74, 6) is 4.72. The van der Waals surface area contributed by atoms with Crippen molar-refractivity contribution in [2.45, 2.75) is 6.29 Å². The maximum Gasteiger partial charge on any atom is 0.275 e. The van der Waals surface area contributed by atoms with Crippen LogP contribution in [0.2, 0.25) is 0 Å². The van der Waals surface area contributed by atoms with Gasteiger partial charge in [0.25, 0.3) is 5.91 Å². The van der Waals surface area contributed by atoms with Gasteiger partial charge in [0.2, 0.25) is 0 Å². The van der Waals surface area contributed by atoms with Crippen LogP contribution < -0.4 is 11.3 Å². The number of hydrogen-bond donors (Lipinski definition) is 2. The monoisotopic (exact) mass is 214 g/mol. The Morgan fingerprint density at radius 2 is 2.29 bits per heavy atom. The number of ether oxygens (including phenoxy) is 2. The maximum absolute atomic E-state index is 11.1. The van der Waals surface area contributed by atoms with Gasteiger partial charge in [0.15, 0.2) is 6.29 Å². The normalized spacial score (nSPS) is 17.2. The fraction of sp³-hybridized carbons (Fsp3) is 0.375. The van der Waals surface area contributed by atoms with Crippen LogP contribution in [0.3, 0.4) is 0 Å². The Bertz CT molecular complexity index is 333. The molecule has 0 unspecified atom stereocenters. The fourth-order valence-corrected chi connectivity index (χ4v) is 2.03. The van der Waals surface area contributed by atoms with Crippen LogP contribution >= 0.6 is 11.3 Å². The predicted octanol–water partition coefficient (Wildman–Crippen LogP) is 0.397. The molecule has 0 atom stereocenters. The van der Waals surface area contributed by atoms with Crippen molar-refractivity contribution in [2.24, 2.45) is 5.84 Å². The van der Waals surface area contributed by atoms with Crippen molar-refractivity contribution < 1.29 is 14.3 Å². The van der Waals surface area contributed by atoms with Crippen molar-refractivity contribution in [1.29, 1.82) is 0 Å². The highest BCUT2D eigenvalue weighted by Crippen LogP contribution is 2.27. The van der Waals surface area contributed by atoms with Crippen molar-refractivity contribution in [1.82, 2.24) is 5.43 Å². The SMILES string of the molecule is NNC(=O)c1cc(C2OCCO2)cs1. The third-order valence-electron chi connectivity index (χ3n) is 1.87. The molecule has 1 fully saturated rings. The number of carbonyl (C=O) groups is 1. The quantitative estimate of drug-likeness (QED) is 0.424. The Morgan fingerprint density at radius 3 is 2.93 bits per heavy atom. The summed E-state index contributed by atoms with van der Waals surface area (Å²) < 4.78 is 10.6. The largest absolute Gasteiger partial charge is 0.346 e. The molecule has 1 aliphatic heterocycles. The first kappa shape index (κ1) is 9.60. The zero-order valence-electron chi connectivity index (χ0n) is 7.36. The van der Waals surface area contributed by atoms with Gasteiger partial charge in [-0.3, -0.25) is 10.2 Å². The van der Waals surface area contributed by atoms with Gasteiger partial charge in [0.1, 0.15) is 0 Å². The van der Waals surface area contributed by atoms with Crippen molar-refractivity contribution in [3.05, 3.63) is 21.9 Å². The number of carbonyl (C=O) groups excluding carboxylic acids is 1. The molecule has 0 saturated carbocycles. The van der Waals surface area contributed by atoms with Gasteiger partial charge in [-0.15, -0.1) is 11.3 Å². The van der Waals surface area contributed by atoms with Crippen LogP contribution in [-0.4, -0.2) is 19.1 Å². The van der Waals surface area contributed by atoms with E-state index in [0.29, 0.717) is 18.1 Å². The first-order valence-electron chi connectivity index (χ1n) is 4.14. The van der Waals surface area contributed by atoms with Crippen molar-refractivity contribution >= 4 is 17.2 Å². The van der Waals surface area contributed by atoms with E-state index in [1.165, 1.54) is 11.3 Å². The summed E-state index contributed by atoms with van der Waals surface area (Å²) in [6.45, 7) is 1.19. The van der Waals surface area contributed by atoms with E-state index in [1.54, 1.807) is 6.07 Å². The van der Waals surface area contributed by atoms with E-state index in [0.717, 1.165) is 5.56 Å². The van der Waals surface area contributed by atoms with Crippen LogP contribution in [0.5, 0.6) is 0 Å². The molecule has 1 aliphatic rings. The maximum atomic E-state index is 11.1. The van der Waals surface area contributed by atoms with Gasteiger partial charge in [-0.25, -0.2) is 5.84 Å². The molecular formula is C8H10N2O3S. The second kappa shape index (κ2) is 4.05. The summed E-state index contributed by atoms with van der Waals surface area (Å²) in [4.78, 5) is 11.7. The zero-order chi connectivity index (χ0) is 9.97. The van der Waals surface area contributed by atoms with E-state index in [2.05, 4.69) is 5.43 Å². The minimum atomic E-state index is -0.328. The van der Waals surface area contributed by atoms with Gasteiger partial charge in [-0.05, 0) is 11.4 Å². The lowest BCUT2D eigenvalue weighted by Crippen LogP contribution is -2.29. The molecule has 0 spiro atoms. The minimum absolute atomic E-state index is 0.292. The molecule has 0 bridgehead atoms. The number of rotatable bonds is 2. The molecule has 2 rings (SSSR count). The number of hydrazine groups is 1. The van der Waals surface area contributed by atoms with E-state index in [4.69, 9.17) is 15.3 Å². The molecule has 1 amide bonds. The van der Waals surface area contributed by atoms with E-state index in [-0.39, 0.29) is 12.2 Å². The Labute approximate surface area is 84.8 Å². The van der Waals surface area contributed by atoms with Crippen molar-refractivity contribution in [2.75, 3.05) is 13.2 Å². The summed E-state index contributed by atoms with van der Waals surface area (Å²) in [6.07, 6.45) is -0.328. The topological polar surface area (TPSA) is 73.6 Å². The summed E-state index contributed by atoms with van der Waals surface area (Å²) in [6, 6.07) is 1.73. The molecule has 6 heteroatoms. The van der Waals surface area contributed by atoms with Crippen LogP contribution in [0.4, 0.5) is 0 Å². The molecule has 2 heterocycles. The molecule has 1 aromatic rings. The average molecular weight is 214 g/mol. The molecular weight excluding hydrogens is 204 g/mol. The Hall–Kier alpha value is -0.950. The molecule has 1 aromatic heterocycles. The van der Waals surface area contributed by atoms with Gasteiger partial charge < -0.3 is 9.47 Å². The van der Waals surface area contributed by atoms with Crippen LogP contribution in [0, 0.1) is 0 Å². The molecule has 0 aromatic carbocycles. The first-order chi connectivity index (χ1) is 6.81. The van der Waals surface area contributed by atoms with Crippen LogP contribution in [0.1, 0.15) is 21.5 Å². The van der Waals surface area contributed by atoms with E-state index in [1.807, 2.05) is 5.38 Å². The van der Waals surface area contributed by atoms with E-state index < -0.39 is 0 Å². The average Bonchev–Trinajstić information content (AvgIpc) is 2.86. The van der Waals surface area contributed by atoms with Gasteiger partial charge in [0, 0.05) is 5.56 Å². The summed E-state index contributed by atoms with van der Waals surface area (Å²) >= 11 is 1.32. The third-order valence-corrected chi connectivity index (χ3v) is 2.82. The lowest BCUT2D eigenvalue weighted by Gasteiger charge is -2.04. The standard InChI is InChI=1S/C8H10N2O3S/c9-10-7(11)6-3-5(4-14-6)8-12-1-2-13-8/h3-4,8H,1-2,9H2,(H,10,11). The lowest BCUT2D eigenvalue weighted by molar-refractivity contribution is -0.0438. The molecule has 0 aliphatic carbocycles. The number of nitrogens with one attached hydrogen (secondary N) is 1. The highest BCUT2D eigenvalue weighted by molar-refractivity contribution is 7.12. The van der Waals surface area contributed by atoms with Crippen molar-refractivity contribution in [3.63, 3.8) is 0 Å². The number of nitrogens with two attached hydrogens (primary N) is 1. The highest BCUT2D eigenvalue weighted by atomic mass is 32.1. The highest BCUT2D eigenvalue weighted by Gasteiger charge is 2.20. The summed E-state index contributed by atoms with van der Waals surface area (Å²) in [5.41, 5.74) is 2.94. The Kier molecular flexibility index (Phi) is 2.78. The summed E-state index contributed by atoms with van der Waals surface area (Å²) in [7, 11) is 0. The number of amides is 1. The molecule has 5 nitrogen and oxygen atoms in total. The van der Waals surface area contributed by atoms with Crippen molar-refractivity contribution in [3.8, 4) is 0 Å². The van der Waals surface area contributed by atoms with Gasteiger partial charge in [0.05, 0.1) is 18.1 Å². The molecule has 1 saturated heterocycles. The number of nitrogen functional groups attached to an aromatic ring is 1. The third kappa shape index (κ3) is 1.78. The second-order valence-corrected chi connectivity index (χ2v) is 3.70. The molecule has 3 N–H and O–H groups in total. The van der Waals surface area contributed by atoms with E-state index >= 15 is 0 Å². The number of hydrogen-bond acceptors (Lipinski definition) is 5. The lowest BCUT2D eigenvalue weighted by atomic mass is 10.3. The molecule has 76 valence electrons. The minimum Gasteiger partial charge on any atom is -0.346 e. The smallest absolute Gasteiger partial charge is 0.275 e. The van der Waals surface area contributed by atoms with Gasteiger partial charge in [-0.1, -0.05) is 0 Å². The van der Waals surface area contributed by atoms with Gasteiger partial charge in [-0.2, -0.15) is 0 Å². The Balaban J connectivity index is 2.12. The van der Waals surface area contributed by atoms with Crippen LogP contribution in [-0.2, 0) is 9.47 Å². The van der Waals surface area contributed by atoms with Crippen LogP contribution in [0.15, 0.2) is 11.4 Å². The van der Waals surface area contributed by atoms with Crippen LogP contribution in [0.25, 0.3) is 0 Å². The second-order valence-electron chi connectivity index (χ2n) is 2.79. The molecule has 0 radical (unpaired) electrons. The number of thiophene rings is 1. The van der Waals surface area contributed by atoms with Gasteiger partial charge >= 0.3 is 0 Å². The molecule has 14 heavy (non-hydrogen) atoms. The van der Waals surface area contributed by atoms with E-state index in [9.17, 15) is 4.79 Å². The fourth-order valence-electron chi connectivity index (χ4n) is 1.22. The zero-order valence-corrected chi connectivity index (χ0v) is 8.17. The summed E-state index contributed by atoms with van der Waals surface area (Å²) in [5, 5.41) is 1.83. The predicted molar refractivity (Wildman–Crippen MR) is 50.6 cm³/mol.